The van der Waals surface area contributed by atoms with Crippen molar-refractivity contribution >= 4 is 27.6 Å². The van der Waals surface area contributed by atoms with Crippen molar-refractivity contribution in [3.05, 3.63) is 84.4 Å². The summed E-state index contributed by atoms with van der Waals surface area (Å²) in [6.45, 7) is 0. The van der Waals surface area contributed by atoms with Gasteiger partial charge in [0.05, 0.1) is 22.8 Å². The maximum atomic E-state index is 9.12. The number of anilines is 1. The number of nitriles is 1. The van der Waals surface area contributed by atoms with Crippen LogP contribution < -0.4 is 4.90 Å². The van der Waals surface area contributed by atoms with Crippen LogP contribution >= 0.6 is 0 Å². The van der Waals surface area contributed by atoms with Crippen LogP contribution in [-0.2, 0) is 0 Å². The normalized spacial score (nSPS) is 11.0. The summed E-state index contributed by atoms with van der Waals surface area (Å²) >= 11 is 0. The fourth-order valence-electron chi connectivity index (χ4n) is 3.64. The molecular weight excluding hydrogens is 370 g/mol. The zero-order valence-corrected chi connectivity index (χ0v) is 16.7. The van der Waals surface area contributed by atoms with E-state index in [0.717, 1.165) is 44.6 Å². The first-order valence-electron chi connectivity index (χ1n) is 9.71. The van der Waals surface area contributed by atoms with Crippen LogP contribution in [0.25, 0.3) is 38.9 Å². The van der Waals surface area contributed by atoms with Gasteiger partial charge in [-0.2, -0.15) is 10.4 Å². The highest BCUT2D eigenvalue weighted by atomic mass is 15.3. The molecule has 0 bridgehead atoms. The Kier molecular flexibility index (Phi) is 4.19. The summed E-state index contributed by atoms with van der Waals surface area (Å²) < 4.78 is 1.86. The van der Waals surface area contributed by atoms with Crippen LogP contribution in [0.4, 0.5) is 5.69 Å². The molecule has 5 heteroatoms. The number of nitrogens with zero attached hydrogens (tertiary/aromatic N) is 5. The second-order valence-corrected chi connectivity index (χ2v) is 7.42. The summed E-state index contributed by atoms with van der Waals surface area (Å²) in [4.78, 5) is 7.05. The van der Waals surface area contributed by atoms with E-state index >= 15 is 0 Å². The van der Waals surface area contributed by atoms with Crippen LogP contribution in [0, 0.1) is 11.3 Å². The summed E-state index contributed by atoms with van der Waals surface area (Å²) in [5.74, 6) is 0. The lowest BCUT2D eigenvalue weighted by Crippen LogP contribution is -2.08. The largest absolute Gasteiger partial charge is 0.378 e. The van der Waals surface area contributed by atoms with Crippen molar-refractivity contribution < 1.29 is 0 Å². The first kappa shape index (κ1) is 17.9. The number of rotatable bonds is 3. The van der Waals surface area contributed by atoms with E-state index in [1.807, 2.05) is 55.2 Å². The third kappa shape index (κ3) is 2.96. The van der Waals surface area contributed by atoms with Gasteiger partial charge >= 0.3 is 0 Å². The smallest absolute Gasteiger partial charge is 0.164 e. The minimum atomic E-state index is 0.619. The first-order chi connectivity index (χ1) is 14.6. The van der Waals surface area contributed by atoms with Crippen LogP contribution in [0.2, 0.25) is 0 Å². The van der Waals surface area contributed by atoms with Gasteiger partial charge in [-0.3, -0.25) is 0 Å². The van der Waals surface area contributed by atoms with Gasteiger partial charge in [0.15, 0.2) is 5.65 Å². The molecule has 144 valence electrons. The summed E-state index contributed by atoms with van der Waals surface area (Å²) in [5.41, 5.74) is 6.26. The molecule has 2 heterocycles. The summed E-state index contributed by atoms with van der Waals surface area (Å²) in [6, 6.07) is 28.2. The van der Waals surface area contributed by atoms with Crippen molar-refractivity contribution in [2.45, 2.75) is 0 Å². The highest BCUT2D eigenvalue weighted by Gasteiger charge is 2.16. The number of benzene rings is 3. The van der Waals surface area contributed by atoms with E-state index < -0.39 is 0 Å². The molecule has 5 nitrogen and oxygen atoms in total. The number of hydrogen-bond acceptors (Lipinski definition) is 4. The summed E-state index contributed by atoms with van der Waals surface area (Å²) in [6.07, 6.45) is 0. The molecule has 0 unspecified atom stereocenters. The maximum Gasteiger partial charge on any atom is 0.164 e. The zero-order valence-electron chi connectivity index (χ0n) is 16.7. The fourth-order valence-corrected chi connectivity index (χ4v) is 3.64. The number of aromatic nitrogens is 3. The molecule has 0 saturated carbocycles. The molecule has 0 aliphatic heterocycles. The highest BCUT2D eigenvalue weighted by molar-refractivity contribution is 6.00. The van der Waals surface area contributed by atoms with Gasteiger partial charge in [0.1, 0.15) is 5.69 Å². The monoisotopic (exact) mass is 389 g/mol. The van der Waals surface area contributed by atoms with Gasteiger partial charge in [0.25, 0.3) is 0 Å². The SMILES string of the molecule is CN(C)c1ccc2nc3c(cc2c1)c(-c1ccccc1)nn3-c1ccc(C#N)cc1. The number of hydrogen-bond donors (Lipinski definition) is 0. The number of fused-ring (bicyclic) bond motifs is 2. The fraction of sp³-hybridized carbons (Fsp3) is 0.0800. The Morgan fingerprint density at radius 2 is 1.67 bits per heavy atom. The lowest BCUT2D eigenvalue weighted by atomic mass is 10.1. The molecular formula is C25H19N5. The standard InChI is InChI=1S/C25H19N5/c1-29(2)21-12-13-23-19(14-21)15-22-24(18-6-4-3-5-7-18)28-30(25(22)27-23)20-10-8-17(16-26)9-11-20/h3-15H,1-2H3. The molecule has 0 N–H and O–H groups in total. The van der Waals surface area contributed by atoms with Gasteiger partial charge in [0, 0.05) is 36.1 Å². The van der Waals surface area contributed by atoms with Crippen molar-refractivity contribution in [1.82, 2.24) is 14.8 Å². The van der Waals surface area contributed by atoms with Gasteiger partial charge in [-0.25, -0.2) is 9.67 Å². The van der Waals surface area contributed by atoms with Crippen molar-refractivity contribution in [3.8, 4) is 23.0 Å². The molecule has 3 aromatic carbocycles. The summed E-state index contributed by atoms with van der Waals surface area (Å²) in [5, 5.41) is 16.1. The Bertz CT molecular complexity index is 1410. The van der Waals surface area contributed by atoms with Crippen LogP contribution in [0.3, 0.4) is 0 Å². The molecule has 0 aliphatic rings. The van der Waals surface area contributed by atoms with Gasteiger partial charge in [-0.1, -0.05) is 30.3 Å². The van der Waals surface area contributed by atoms with E-state index in [9.17, 15) is 0 Å². The minimum absolute atomic E-state index is 0.619. The van der Waals surface area contributed by atoms with E-state index in [1.165, 1.54) is 0 Å². The lowest BCUT2D eigenvalue weighted by molar-refractivity contribution is 0.903. The van der Waals surface area contributed by atoms with Gasteiger partial charge in [-0.15, -0.1) is 0 Å². The van der Waals surface area contributed by atoms with Gasteiger partial charge < -0.3 is 4.90 Å². The average molecular weight is 389 g/mol. The third-order valence-corrected chi connectivity index (χ3v) is 5.24. The predicted molar refractivity (Wildman–Crippen MR) is 121 cm³/mol. The number of pyridine rings is 1. The molecule has 0 amide bonds. The van der Waals surface area contributed by atoms with E-state index in [1.54, 1.807) is 12.1 Å². The van der Waals surface area contributed by atoms with Crippen LogP contribution in [0.5, 0.6) is 0 Å². The first-order valence-corrected chi connectivity index (χ1v) is 9.71. The minimum Gasteiger partial charge on any atom is -0.378 e. The average Bonchev–Trinajstić information content (AvgIpc) is 3.16. The van der Waals surface area contributed by atoms with Gasteiger partial charge in [0.2, 0.25) is 0 Å². The van der Waals surface area contributed by atoms with Crippen LogP contribution in [0.15, 0.2) is 78.9 Å². The molecule has 0 atom stereocenters. The second-order valence-electron chi connectivity index (χ2n) is 7.42. The Balaban J connectivity index is 1.81. The molecule has 0 aliphatic carbocycles. The molecule has 30 heavy (non-hydrogen) atoms. The summed E-state index contributed by atoms with van der Waals surface area (Å²) in [7, 11) is 4.07. The lowest BCUT2D eigenvalue weighted by Gasteiger charge is -2.13. The quantitative estimate of drug-likeness (QED) is 0.427. The second kappa shape index (κ2) is 7.02. The van der Waals surface area contributed by atoms with Crippen LogP contribution in [0.1, 0.15) is 5.56 Å². The van der Waals surface area contributed by atoms with E-state index in [2.05, 4.69) is 41.3 Å². The molecule has 5 rings (SSSR count). The molecule has 2 aromatic heterocycles. The van der Waals surface area contributed by atoms with Gasteiger partial charge in [-0.05, 0) is 48.5 Å². The van der Waals surface area contributed by atoms with Crippen molar-refractivity contribution in [2.75, 3.05) is 19.0 Å². The van der Waals surface area contributed by atoms with E-state index in [-0.39, 0.29) is 0 Å². The zero-order chi connectivity index (χ0) is 20.7. The Labute approximate surface area is 174 Å². The maximum absolute atomic E-state index is 9.12. The van der Waals surface area contributed by atoms with Crippen molar-refractivity contribution in [2.24, 2.45) is 0 Å². The van der Waals surface area contributed by atoms with E-state index in [4.69, 9.17) is 15.3 Å². The molecule has 0 saturated heterocycles. The third-order valence-electron chi connectivity index (χ3n) is 5.24. The van der Waals surface area contributed by atoms with Crippen molar-refractivity contribution in [1.29, 1.82) is 5.26 Å². The highest BCUT2D eigenvalue weighted by Crippen LogP contribution is 2.32. The van der Waals surface area contributed by atoms with Crippen LogP contribution in [-0.4, -0.2) is 28.9 Å². The molecule has 0 radical (unpaired) electrons. The molecule has 0 spiro atoms. The van der Waals surface area contributed by atoms with Crippen molar-refractivity contribution in [3.63, 3.8) is 0 Å². The predicted octanol–water partition coefficient (Wildman–Crippen LogP) is 5.18. The Morgan fingerprint density at radius 3 is 2.37 bits per heavy atom. The molecule has 5 aromatic rings. The topological polar surface area (TPSA) is 57.7 Å². The Hall–Kier alpha value is -4.17. The Morgan fingerprint density at radius 1 is 0.900 bits per heavy atom. The van der Waals surface area contributed by atoms with E-state index in [0.29, 0.717) is 5.56 Å². The molecule has 0 fully saturated rings.